The summed E-state index contributed by atoms with van der Waals surface area (Å²) < 4.78 is 0. The van der Waals surface area contributed by atoms with Gasteiger partial charge in [-0.05, 0) is 37.1 Å². The Hall–Kier alpha value is -2.57. The van der Waals surface area contributed by atoms with Gasteiger partial charge in [-0.2, -0.15) is 0 Å². The number of anilines is 1. The average Bonchev–Trinajstić information content (AvgIpc) is 2.44. The Labute approximate surface area is 123 Å². The van der Waals surface area contributed by atoms with E-state index < -0.39 is 0 Å². The molecule has 0 aromatic heterocycles. The maximum Gasteiger partial charge on any atom is 0.251 e. The van der Waals surface area contributed by atoms with Crippen molar-refractivity contribution in [3.8, 4) is 0 Å². The molecule has 6 N–H and O–H groups in total. The molecule has 0 fully saturated rings. The van der Waals surface area contributed by atoms with Gasteiger partial charge < -0.3 is 22.1 Å². The van der Waals surface area contributed by atoms with Crippen LogP contribution in [0.25, 0.3) is 0 Å². The van der Waals surface area contributed by atoms with Gasteiger partial charge in [0, 0.05) is 24.2 Å². The smallest absolute Gasteiger partial charge is 0.251 e. The standard InChI is InChI=1S/C14H20N4O3/c15-11-6-4-10(5-7-11)14(21)18-9-13(20)17-8-2-1-3-12(16)19/h4-7H,1-3,8-9,15H2,(H2,16,19)(H,17,20)(H,18,21). The van der Waals surface area contributed by atoms with Crippen molar-refractivity contribution in [2.24, 2.45) is 5.73 Å². The lowest BCUT2D eigenvalue weighted by atomic mass is 10.2. The van der Waals surface area contributed by atoms with Crippen molar-refractivity contribution in [3.63, 3.8) is 0 Å². The molecule has 1 aromatic rings. The van der Waals surface area contributed by atoms with Crippen LogP contribution in [0.15, 0.2) is 24.3 Å². The molecule has 0 bridgehead atoms. The van der Waals surface area contributed by atoms with Crippen molar-refractivity contribution in [2.45, 2.75) is 19.3 Å². The van der Waals surface area contributed by atoms with E-state index in [1.807, 2.05) is 0 Å². The highest BCUT2D eigenvalue weighted by atomic mass is 16.2. The molecule has 21 heavy (non-hydrogen) atoms. The number of benzene rings is 1. The minimum absolute atomic E-state index is 0.0982. The fourth-order valence-corrected chi connectivity index (χ4v) is 1.61. The molecule has 0 radical (unpaired) electrons. The van der Waals surface area contributed by atoms with Gasteiger partial charge in [-0.1, -0.05) is 0 Å². The van der Waals surface area contributed by atoms with Gasteiger partial charge in [0.25, 0.3) is 5.91 Å². The molecule has 0 aliphatic carbocycles. The third kappa shape index (κ3) is 6.95. The van der Waals surface area contributed by atoms with Crippen molar-refractivity contribution in [1.29, 1.82) is 0 Å². The lowest BCUT2D eigenvalue weighted by Gasteiger charge is -2.07. The number of carbonyl (C=O) groups excluding carboxylic acids is 3. The molecule has 0 aliphatic heterocycles. The molecule has 0 heterocycles. The molecule has 0 spiro atoms. The van der Waals surface area contributed by atoms with Crippen molar-refractivity contribution >= 4 is 23.4 Å². The summed E-state index contributed by atoms with van der Waals surface area (Å²) in [6.07, 6.45) is 1.61. The van der Waals surface area contributed by atoms with E-state index in [2.05, 4.69) is 10.6 Å². The van der Waals surface area contributed by atoms with Gasteiger partial charge >= 0.3 is 0 Å². The first kappa shape index (κ1) is 16.5. The molecule has 7 heteroatoms. The molecule has 0 unspecified atom stereocenters. The van der Waals surface area contributed by atoms with E-state index in [0.717, 1.165) is 0 Å². The zero-order valence-corrected chi connectivity index (χ0v) is 11.7. The summed E-state index contributed by atoms with van der Waals surface area (Å²) in [7, 11) is 0. The highest BCUT2D eigenvalue weighted by molar-refractivity contribution is 5.96. The fourth-order valence-electron chi connectivity index (χ4n) is 1.61. The van der Waals surface area contributed by atoms with Crippen LogP contribution in [0.5, 0.6) is 0 Å². The van der Waals surface area contributed by atoms with Crippen molar-refractivity contribution < 1.29 is 14.4 Å². The van der Waals surface area contributed by atoms with E-state index in [-0.39, 0.29) is 24.3 Å². The largest absolute Gasteiger partial charge is 0.399 e. The summed E-state index contributed by atoms with van der Waals surface area (Å²) in [5, 5.41) is 5.16. The minimum Gasteiger partial charge on any atom is -0.399 e. The molecule has 0 saturated carbocycles. The van der Waals surface area contributed by atoms with Crippen LogP contribution in [0.4, 0.5) is 5.69 Å². The average molecular weight is 292 g/mol. The Balaban J connectivity index is 2.19. The SMILES string of the molecule is NC(=O)CCCCNC(=O)CNC(=O)c1ccc(N)cc1. The van der Waals surface area contributed by atoms with Gasteiger partial charge in [-0.25, -0.2) is 0 Å². The van der Waals surface area contributed by atoms with Gasteiger partial charge in [0.05, 0.1) is 6.54 Å². The number of unbranched alkanes of at least 4 members (excludes halogenated alkanes) is 1. The lowest BCUT2D eigenvalue weighted by molar-refractivity contribution is -0.120. The Bertz CT molecular complexity index is 499. The number of amides is 3. The van der Waals surface area contributed by atoms with Gasteiger partial charge in [-0.3, -0.25) is 14.4 Å². The van der Waals surface area contributed by atoms with Crippen molar-refractivity contribution in [2.75, 3.05) is 18.8 Å². The molecule has 7 nitrogen and oxygen atoms in total. The first-order chi connectivity index (χ1) is 9.99. The van der Waals surface area contributed by atoms with E-state index in [0.29, 0.717) is 37.1 Å². The second kappa shape index (κ2) is 8.57. The zero-order valence-electron chi connectivity index (χ0n) is 11.7. The lowest BCUT2D eigenvalue weighted by Crippen LogP contribution is -2.37. The first-order valence-electron chi connectivity index (χ1n) is 6.68. The third-order valence-corrected chi connectivity index (χ3v) is 2.75. The topological polar surface area (TPSA) is 127 Å². The Kier molecular flexibility index (Phi) is 6.73. The Morgan fingerprint density at radius 2 is 1.67 bits per heavy atom. The summed E-state index contributed by atoms with van der Waals surface area (Å²) in [5.74, 6) is -0.964. The summed E-state index contributed by atoms with van der Waals surface area (Å²) in [5.41, 5.74) is 11.5. The van der Waals surface area contributed by atoms with E-state index in [1.54, 1.807) is 24.3 Å². The van der Waals surface area contributed by atoms with Crippen LogP contribution < -0.4 is 22.1 Å². The number of carbonyl (C=O) groups is 3. The van der Waals surface area contributed by atoms with Crippen LogP contribution in [-0.4, -0.2) is 30.8 Å². The Morgan fingerprint density at radius 3 is 2.29 bits per heavy atom. The van der Waals surface area contributed by atoms with Crippen LogP contribution in [-0.2, 0) is 9.59 Å². The quantitative estimate of drug-likeness (QED) is 0.390. The van der Waals surface area contributed by atoms with E-state index >= 15 is 0 Å². The number of rotatable bonds is 8. The first-order valence-corrected chi connectivity index (χ1v) is 6.68. The summed E-state index contributed by atoms with van der Waals surface area (Å²) in [6.45, 7) is 0.350. The Morgan fingerprint density at radius 1 is 1.00 bits per heavy atom. The highest BCUT2D eigenvalue weighted by Gasteiger charge is 2.07. The highest BCUT2D eigenvalue weighted by Crippen LogP contribution is 2.04. The number of nitrogens with one attached hydrogen (secondary N) is 2. The summed E-state index contributed by atoms with van der Waals surface area (Å²) in [6, 6.07) is 6.42. The maximum atomic E-state index is 11.7. The van der Waals surface area contributed by atoms with Crippen LogP contribution in [0.1, 0.15) is 29.6 Å². The third-order valence-electron chi connectivity index (χ3n) is 2.75. The van der Waals surface area contributed by atoms with Crippen molar-refractivity contribution in [1.82, 2.24) is 10.6 Å². The van der Waals surface area contributed by atoms with Crippen LogP contribution in [0, 0.1) is 0 Å². The molecule has 114 valence electrons. The fraction of sp³-hybridized carbons (Fsp3) is 0.357. The number of nitrogens with two attached hydrogens (primary N) is 2. The van der Waals surface area contributed by atoms with Gasteiger partial charge in [0.15, 0.2) is 0 Å². The maximum absolute atomic E-state index is 11.7. The zero-order chi connectivity index (χ0) is 15.7. The molecular formula is C14H20N4O3. The number of hydrogen-bond acceptors (Lipinski definition) is 4. The van der Waals surface area contributed by atoms with E-state index in [4.69, 9.17) is 11.5 Å². The van der Waals surface area contributed by atoms with E-state index in [9.17, 15) is 14.4 Å². The van der Waals surface area contributed by atoms with E-state index in [1.165, 1.54) is 0 Å². The summed E-state index contributed by atoms with van der Waals surface area (Å²) in [4.78, 5) is 33.7. The van der Waals surface area contributed by atoms with Crippen LogP contribution in [0.3, 0.4) is 0 Å². The van der Waals surface area contributed by atoms with Crippen molar-refractivity contribution in [3.05, 3.63) is 29.8 Å². The predicted octanol–water partition coefficient (Wildman–Crippen LogP) is -0.230. The summed E-state index contributed by atoms with van der Waals surface area (Å²) >= 11 is 0. The van der Waals surface area contributed by atoms with Crippen LogP contribution in [0.2, 0.25) is 0 Å². The normalized spacial score (nSPS) is 9.90. The molecule has 1 rings (SSSR count). The van der Waals surface area contributed by atoms with Gasteiger partial charge in [-0.15, -0.1) is 0 Å². The monoisotopic (exact) mass is 292 g/mol. The molecule has 1 aromatic carbocycles. The number of nitrogen functional groups attached to an aromatic ring is 1. The molecule has 0 saturated heterocycles. The minimum atomic E-state index is -0.350. The molecule has 3 amide bonds. The van der Waals surface area contributed by atoms with Crippen LogP contribution >= 0.6 is 0 Å². The number of hydrogen-bond donors (Lipinski definition) is 4. The van der Waals surface area contributed by atoms with Gasteiger partial charge in [0.2, 0.25) is 11.8 Å². The molecule has 0 aliphatic rings. The second-order valence-corrected chi connectivity index (χ2v) is 4.58. The number of primary amides is 1. The second-order valence-electron chi connectivity index (χ2n) is 4.58. The molecule has 0 atom stereocenters. The van der Waals surface area contributed by atoms with Gasteiger partial charge in [0.1, 0.15) is 0 Å². The predicted molar refractivity (Wildman–Crippen MR) is 79.2 cm³/mol. The molecular weight excluding hydrogens is 272 g/mol.